The fourth-order valence-electron chi connectivity index (χ4n) is 1.86. The summed E-state index contributed by atoms with van der Waals surface area (Å²) in [7, 11) is 1.81. The van der Waals surface area contributed by atoms with Gasteiger partial charge < -0.3 is 10.6 Å². The van der Waals surface area contributed by atoms with Gasteiger partial charge >= 0.3 is 0 Å². The van der Waals surface area contributed by atoms with Crippen LogP contribution in [0.4, 0.5) is 0 Å². The van der Waals surface area contributed by atoms with Crippen molar-refractivity contribution in [3.05, 3.63) is 18.5 Å². The summed E-state index contributed by atoms with van der Waals surface area (Å²) >= 11 is 1.90. The molecule has 122 valence electrons. The Morgan fingerprint density at radius 2 is 2.19 bits per heavy atom. The Bertz CT molecular complexity index is 369. The van der Waals surface area contributed by atoms with Crippen molar-refractivity contribution in [2.45, 2.75) is 26.3 Å². The van der Waals surface area contributed by atoms with Crippen LogP contribution in [0.1, 0.15) is 19.8 Å². The average Bonchev–Trinajstić information content (AvgIpc) is 2.94. The number of unbranched alkanes of at least 4 members (excludes halogenated alkanes) is 1. The molecule has 0 aliphatic carbocycles. The summed E-state index contributed by atoms with van der Waals surface area (Å²) in [4.78, 5) is 4.24. The molecule has 0 aromatic carbocycles. The zero-order valence-corrected chi connectivity index (χ0v) is 16.4. The van der Waals surface area contributed by atoms with Gasteiger partial charge in [-0.1, -0.05) is 6.92 Å². The van der Waals surface area contributed by atoms with Crippen molar-refractivity contribution in [2.24, 2.45) is 10.9 Å². The first kappa shape index (κ1) is 20.6. The molecule has 0 fully saturated rings. The fourth-order valence-corrected chi connectivity index (χ4v) is 2.35. The molecule has 21 heavy (non-hydrogen) atoms. The van der Waals surface area contributed by atoms with Crippen LogP contribution in [0.5, 0.6) is 0 Å². The average molecular weight is 425 g/mol. The summed E-state index contributed by atoms with van der Waals surface area (Å²) in [6.45, 7) is 5.00. The van der Waals surface area contributed by atoms with Crippen LogP contribution in [0, 0.1) is 5.92 Å². The molecule has 5 nitrogen and oxygen atoms in total. The van der Waals surface area contributed by atoms with E-state index >= 15 is 0 Å². The molecular weight excluding hydrogens is 397 g/mol. The summed E-state index contributed by atoms with van der Waals surface area (Å²) < 4.78 is 1.96. The zero-order valence-electron chi connectivity index (χ0n) is 13.2. The lowest BCUT2D eigenvalue weighted by atomic mass is 10.2. The van der Waals surface area contributed by atoms with E-state index in [-0.39, 0.29) is 24.0 Å². The van der Waals surface area contributed by atoms with Gasteiger partial charge in [-0.2, -0.15) is 16.9 Å². The molecule has 0 radical (unpaired) electrons. The summed E-state index contributed by atoms with van der Waals surface area (Å²) in [6.07, 6.45) is 8.39. The van der Waals surface area contributed by atoms with E-state index in [1.807, 2.05) is 42.0 Å². The van der Waals surface area contributed by atoms with Gasteiger partial charge in [-0.15, -0.1) is 24.0 Å². The molecule has 1 aromatic heterocycles. The van der Waals surface area contributed by atoms with E-state index in [2.05, 4.69) is 33.9 Å². The minimum atomic E-state index is 0. The van der Waals surface area contributed by atoms with E-state index in [1.54, 1.807) is 0 Å². The zero-order chi connectivity index (χ0) is 14.6. The molecule has 0 aliphatic rings. The maximum atomic E-state index is 4.24. The van der Waals surface area contributed by atoms with Crippen LogP contribution in [-0.4, -0.2) is 47.9 Å². The number of guanidine groups is 1. The standard InChI is InChI=1S/C14H27N5S.HI/c1-13(12-19-9-6-8-18-19)11-17-14(15-2)16-7-4-5-10-20-3;/h6,8-9,13H,4-5,7,10-12H2,1-3H3,(H2,15,16,17);1H. The maximum Gasteiger partial charge on any atom is 0.190 e. The normalized spacial score (nSPS) is 12.6. The quantitative estimate of drug-likeness (QED) is 0.276. The first-order valence-corrected chi connectivity index (χ1v) is 8.56. The second kappa shape index (κ2) is 13.2. The van der Waals surface area contributed by atoms with Crippen molar-refractivity contribution in [3.63, 3.8) is 0 Å². The summed E-state index contributed by atoms with van der Waals surface area (Å²) in [5.74, 6) is 2.63. The third-order valence-corrected chi connectivity index (χ3v) is 3.66. The molecule has 1 unspecified atom stereocenters. The Morgan fingerprint density at radius 3 is 2.81 bits per heavy atom. The molecule has 0 spiro atoms. The van der Waals surface area contributed by atoms with E-state index in [1.165, 1.54) is 18.6 Å². The van der Waals surface area contributed by atoms with Crippen LogP contribution in [0.25, 0.3) is 0 Å². The van der Waals surface area contributed by atoms with Gasteiger partial charge in [0.1, 0.15) is 0 Å². The monoisotopic (exact) mass is 425 g/mol. The van der Waals surface area contributed by atoms with E-state index < -0.39 is 0 Å². The van der Waals surface area contributed by atoms with Crippen molar-refractivity contribution in [2.75, 3.05) is 32.1 Å². The van der Waals surface area contributed by atoms with Crippen molar-refractivity contribution in [1.82, 2.24) is 20.4 Å². The SMILES string of the molecule is CN=C(NCCCCSC)NCC(C)Cn1cccn1.I. The smallest absolute Gasteiger partial charge is 0.190 e. The van der Waals surface area contributed by atoms with Gasteiger partial charge in [-0.05, 0) is 36.8 Å². The third-order valence-electron chi connectivity index (χ3n) is 2.97. The highest BCUT2D eigenvalue weighted by atomic mass is 127. The predicted octanol–water partition coefficient (Wildman–Crippen LogP) is 2.45. The first-order chi connectivity index (χ1) is 9.76. The lowest BCUT2D eigenvalue weighted by molar-refractivity contribution is 0.443. The maximum absolute atomic E-state index is 4.24. The van der Waals surface area contributed by atoms with Crippen molar-refractivity contribution in [3.8, 4) is 0 Å². The molecule has 0 amide bonds. The number of thioether (sulfide) groups is 1. The molecule has 0 saturated carbocycles. The number of hydrogen-bond acceptors (Lipinski definition) is 3. The van der Waals surface area contributed by atoms with Crippen molar-refractivity contribution < 1.29 is 0 Å². The minimum absolute atomic E-state index is 0. The summed E-state index contributed by atoms with van der Waals surface area (Å²) in [5, 5.41) is 10.9. The van der Waals surface area contributed by atoms with E-state index in [0.717, 1.165) is 25.6 Å². The lowest BCUT2D eigenvalue weighted by Crippen LogP contribution is -2.40. The molecule has 7 heteroatoms. The highest BCUT2D eigenvalue weighted by Crippen LogP contribution is 1.99. The third kappa shape index (κ3) is 10.00. The number of rotatable bonds is 9. The van der Waals surface area contributed by atoms with Gasteiger partial charge in [0.05, 0.1) is 0 Å². The number of nitrogens with zero attached hydrogens (tertiary/aromatic N) is 3. The Hall–Kier alpha value is -0.440. The van der Waals surface area contributed by atoms with Crippen LogP contribution in [-0.2, 0) is 6.54 Å². The van der Waals surface area contributed by atoms with E-state index in [0.29, 0.717) is 5.92 Å². The fraction of sp³-hybridized carbons (Fsp3) is 0.714. The molecule has 0 saturated heterocycles. The van der Waals surface area contributed by atoms with E-state index in [9.17, 15) is 0 Å². The Kier molecular flexibility index (Phi) is 13.0. The second-order valence-electron chi connectivity index (χ2n) is 4.91. The Balaban J connectivity index is 0.00000400. The lowest BCUT2D eigenvalue weighted by Gasteiger charge is -2.16. The molecule has 1 rings (SSSR count). The second-order valence-corrected chi connectivity index (χ2v) is 5.90. The van der Waals surface area contributed by atoms with Crippen LogP contribution >= 0.6 is 35.7 Å². The number of nitrogens with one attached hydrogen (secondary N) is 2. The van der Waals surface area contributed by atoms with Gasteiger partial charge in [0.2, 0.25) is 0 Å². The highest BCUT2D eigenvalue weighted by Gasteiger charge is 2.04. The summed E-state index contributed by atoms with van der Waals surface area (Å²) in [5.41, 5.74) is 0. The van der Waals surface area contributed by atoms with Crippen LogP contribution in [0.15, 0.2) is 23.5 Å². The van der Waals surface area contributed by atoms with Gasteiger partial charge in [-0.3, -0.25) is 9.67 Å². The van der Waals surface area contributed by atoms with Gasteiger partial charge in [0, 0.05) is 39.1 Å². The molecule has 0 bridgehead atoms. The number of aromatic nitrogens is 2. The molecular formula is C14H28IN5S. The predicted molar refractivity (Wildman–Crippen MR) is 104 cm³/mol. The van der Waals surface area contributed by atoms with Crippen molar-refractivity contribution in [1.29, 1.82) is 0 Å². The largest absolute Gasteiger partial charge is 0.356 e. The Morgan fingerprint density at radius 1 is 1.38 bits per heavy atom. The first-order valence-electron chi connectivity index (χ1n) is 7.17. The minimum Gasteiger partial charge on any atom is -0.356 e. The molecule has 0 aliphatic heterocycles. The van der Waals surface area contributed by atoms with Gasteiger partial charge in [-0.25, -0.2) is 0 Å². The Labute approximate surface area is 149 Å². The van der Waals surface area contributed by atoms with E-state index in [4.69, 9.17) is 0 Å². The molecule has 1 aromatic rings. The number of hydrogen-bond donors (Lipinski definition) is 2. The van der Waals surface area contributed by atoms with Crippen molar-refractivity contribution >= 4 is 41.7 Å². The summed E-state index contributed by atoms with van der Waals surface area (Å²) in [6, 6.07) is 1.95. The highest BCUT2D eigenvalue weighted by molar-refractivity contribution is 14.0. The van der Waals surface area contributed by atoms with Crippen LogP contribution in [0.3, 0.4) is 0 Å². The molecule has 1 heterocycles. The topological polar surface area (TPSA) is 54.2 Å². The van der Waals surface area contributed by atoms with Gasteiger partial charge in [0.15, 0.2) is 5.96 Å². The number of halogens is 1. The molecule has 2 N–H and O–H groups in total. The van der Waals surface area contributed by atoms with Crippen LogP contribution in [0.2, 0.25) is 0 Å². The molecule has 1 atom stereocenters. The number of aliphatic imine (C=N–C) groups is 1. The van der Waals surface area contributed by atoms with Gasteiger partial charge in [0.25, 0.3) is 0 Å². The van der Waals surface area contributed by atoms with Crippen LogP contribution < -0.4 is 10.6 Å².